The van der Waals surface area contributed by atoms with Gasteiger partial charge in [0.1, 0.15) is 11.4 Å². The molecule has 2 amide bonds. The third-order valence-electron chi connectivity index (χ3n) is 5.06. The van der Waals surface area contributed by atoms with Crippen LogP contribution >= 0.6 is 12.6 Å². The molecule has 7 nitrogen and oxygen atoms in total. The fraction of sp³-hybridized carbons (Fsp3) is 0.400. The maximum atomic E-state index is 12.8. The first-order chi connectivity index (χ1) is 13.4. The van der Waals surface area contributed by atoms with Gasteiger partial charge in [-0.1, -0.05) is 12.1 Å². The van der Waals surface area contributed by atoms with Crippen LogP contribution in [0.5, 0.6) is 0 Å². The molecule has 2 aliphatic rings. The van der Waals surface area contributed by atoms with E-state index in [-0.39, 0.29) is 22.9 Å². The van der Waals surface area contributed by atoms with E-state index in [2.05, 4.69) is 23.3 Å². The van der Waals surface area contributed by atoms with Crippen LogP contribution in [-0.4, -0.2) is 47.3 Å². The Bertz CT molecular complexity index is 881. The van der Waals surface area contributed by atoms with Crippen molar-refractivity contribution in [2.45, 2.75) is 30.6 Å². The third kappa shape index (κ3) is 4.37. The number of thiol groups is 1. The summed E-state index contributed by atoms with van der Waals surface area (Å²) in [6, 6.07) is 8.91. The lowest BCUT2D eigenvalue weighted by Crippen LogP contribution is -2.46. The van der Waals surface area contributed by atoms with Crippen LogP contribution in [0.4, 0.5) is 0 Å². The van der Waals surface area contributed by atoms with Crippen molar-refractivity contribution in [1.82, 2.24) is 15.5 Å². The molecule has 1 aromatic carbocycles. The molecule has 0 unspecified atom stereocenters. The quantitative estimate of drug-likeness (QED) is 0.411. The van der Waals surface area contributed by atoms with E-state index in [0.29, 0.717) is 36.3 Å². The van der Waals surface area contributed by atoms with E-state index in [4.69, 9.17) is 10.7 Å². The summed E-state index contributed by atoms with van der Waals surface area (Å²) in [5.41, 5.74) is 1.92. The van der Waals surface area contributed by atoms with Gasteiger partial charge in [-0.25, -0.2) is 0 Å². The minimum absolute atomic E-state index is 0.0853. The highest BCUT2D eigenvalue weighted by Gasteiger charge is 2.43. The Morgan fingerprint density at radius 3 is 2.61 bits per heavy atom. The van der Waals surface area contributed by atoms with Crippen molar-refractivity contribution in [3.63, 3.8) is 0 Å². The second-order valence-corrected chi connectivity index (χ2v) is 8.12. The number of benzene rings is 1. The van der Waals surface area contributed by atoms with E-state index in [1.807, 2.05) is 6.07 Å². The molecular formula is C20H23N5O2S. The van der Waals surface area contributed by atoms with Gasteiger partial charge in [-0.3, -0.25) is 15.0 Å². The molecule has 1 heterocycles. The summed E-state index contributed by atoms with van der Waals surface area (Å²) in [4.78, 5) is 26.9. The zero-order valence-electron chi connectivity index (χ0n) is 15.7. The Labute approximate surface area is 169 Å². The van der Waals surface area contributed by atoms with Crippen molar-refractivity contribution in [3.8, 4) is 6.07 Å². The summed E-state index contributed by atoms with van der Waals surface area (Å²) >= 11 is 4.59. The van der Waals surface area contributed by atoms with Crippen LogP contribution < -0.4 is 10.6 Å². The first-order valence-electron chi connectivity index (χ1n) is 9.15. The molecular weight excluding hydrogens is 374 g/mol. The van der Waals surface area contributed by atoms with Gasteiger partial charge in [0, 0.05) is 37.0 Å². The van der Waals surface area contributed by atoms with E-state index in [1.54, 1.807) is 36.2 Å². The van der Waals surface area contributed by atoms with Crippen molar-refractivity contribution in [2.24, 2.45) is 0 Å². The van der Waals surface area contributed by atoms with Crippen LogP contribution in [0.3, 0.4) is 0 Å². The van der Waals surface area contributed by atoms with Gasteiger partial charge in [-0.15, -0.1) is 0 Å². The number of nitrogens with one attached hydrogen (secondary N) is 3. The number of nitrogens with zero attached hydrogens (tertiary/aromatic N) is 2. The van der Waals surface area contributed by atoms with Gasteiger partial charge in [0.25, 0.3) is 11.8 Å². The maximum Gasteiger partial charge on any atom is 0.270 e. The third-order valence-corrected chi connectivity index (χ3v) is 5.65. The topological polar surface area (TPSA) is 109 Å². The molecule has 0 spiro atoms. The van der Waals surface area contributed by atoms with Crippen molar-refractivity contribution in [1.29, 1.82) is 10.7 Å². The largest absolute Gasteiger partial charge is 0.383 e. The fourth-order valence-electron chi connectivity index (χ4n) is 3.18. The molecule has 1 fully saturated rings. The maximum absolute atomic E-state index is 12.8. The van der Waals surface area contributed by atoms with Gasteiger partial charge in [0.2, 0.25) is 0 Å². The summed E-state index contributed by atoms with van der Waals surface area (Å²) in [5, 5.41) is 22.7. The van der Waals surface area contributed by atoms with Crippen molar-refractivity contribution in [2.75, 3.05) is 20.1 Å². The summed E-state index contributed by atoms with van der Waals surface area (Å²) in [5.74, 6) is -0.713. The van der Waals surface area contributed by atoms with Crippen LogP contribution in [0.1, 0.15) is 30.4 Å². The van der Waals surface area contributed by atoms with Crippen LogP contribution in [0.25, 0.3) is 0 Å². The average Bonchev–Trinajstić information content (AvgIpc) is 3.44. The zero-order chi connectivity index (χ0) is 20.3. The van der Waals surface area contributed by atoms with Gasteiger partial charge in [0.05, 0.1) is 11.6 Å². The minimum atomic E-state index is -0.527. The monoisotopic (exact) mass is 397 g/mol. The van der Waals surface area contributed by atoms with Gasteiger partial charge in [-0.05, 0) is 37.0 Å². The summed E-state index contributed by atoms with van der Waals surface area (Å²) < 4.78 is -0.0853. The zero-order valence-corrected chi connectivity index (χ0v) is 16.6. The van der Waals surface area contributed by atoms with Crippen molar-refractivity contribution >= 4 is 30.2 Å². The second-order valence-electron chi connectivity index (χ2n) is 7.17. The normalized spacial score (nSPS) is 17.8. The van der Waals surface area contributed by atoms with E-state index in [1.165, 1.54) is 0 Å². The van der Waals surface area contributed by atoms with E-state index >= 15 is 0 Å². The van der Waals surface area contributed by atoms with Gasteiger partial charge >= 0.3 is 0 Å². The van der Waals surface area contributed by atoms with Crippen LogP contribution in [-0.2, 0) is 16.1 Å². The Morgan fingerprint density at radius 2 is 2.04 bits per heavy atom. The molecule has 3 N–H and O–H groups in total. The lowest BCUT2D eigenvalue weighted by molar-refractivity contribution is -0.128. The Morgan fingerprint density at radius 1 is 1.36 bits per heavy atom. The average molecular weight is 398 g/mol. The molecule has 0 atom stereocenters. The predicted molar refractivity (Wildman–Crippen MR) is 109 cm³/mol. The Hall–Kier alpha value is -2.79. The number of rotatable bonds is 7. The van der Waals surface area contributed by atoms with Crippen LogP contribution in [0.15, 0.2) is 35.5 Å². The van der Waals surface area contributed by atoms with Gasteiger partial charge in [-0.2, -0.15) is 17.9 Å². The van der Waals surface area contributed by atoms with E-state index in [0.717, 1.165) is 18.4 Å². The van der Waals surface area contributed by atoms with E-state index in [9.17, 15) is 9.59 Å². The summed E-state index contributed by atoms with van der Waals surface area (Å²) in [6.07, 6.45) is 2.45. The number of carbonyl (C=O) groups excluding carboxylic acids is 2. The van der Waals surface area contributed by atoms with Crippen LogP contribution in [0.2, 0.25) is 0 Å². The minimum Gasteiger partial charge on any atom is -0.383 e. The highest BCUT2D eigenvalue weighted by atomic mass is 32.1. The Kier molecular flexibility index (Phi) is 5.75. The molecule has 0 aromatic heterocycles. The first kappa shape index (κ1) is 20.0. The van der Waals surface area contributed by atoms with Crippen molar-refractivity contribution in [3.05, 3.63) is 46.7 Å². The SMILES string of the molecule is CNC1=C(C(=N)C(=O)NCc2ccc(C#N)cc2)CCN(CC2(S)CC2)C1=O. The highest BCUT2D eigenvalue weighted by molar-refractivity contribution is 7.82. The molecule has 1 aliphatic heterocycles. The van der Waals surface area contributed by atoms with Crippen molar-refractivity contribution < 1.29 is 9.59 Å². The highest BCUT2D eigenvalue weighted by Crippen LogP contribution is 2.43. The summed E-state index contributed by atoms with van der Waals surface area (Å²) in [7, 11) is 1.63. The Balaban J connectivity index is 1.65. The van der Waals surface area contributed by atoms with Gasteiger partial charge in [0.15, 0.2) is 0 Å². The number of carbonyl (C=O) groups is 2. The number of amides is 2. The molecule has 0 saturated heterocycles. The second kappa shape index (κ2) is 8.07. The first-order valence-corrected chi connectivity index (χ1v) is 9.60. The smallest absolute Gasteiger partial charge is 0.270 e. The molecule has 8 heteroatoms. The molecule has 1 aromatic rings. The lowest BCUT2D eigenvalue weighted by atomic mass is 9.98. The molecule has 1 aliphatic carbocycles. The molecule has 0 bridgehead atoms. The van der Waals surface area contributed by atoms with E-state index < -0.39 is 5.91 Å². The standard InChI is InChI=1S/C20H23N5O2S/c1-23-17-15(6-9-25(19(17)27)12-20(28)7-8-20)16(22)18(26)24-11-14-4-2-13(10-21)3-5-14/h2-5,22-23,28H,6-9,11-12H2,1H3,(H,24,26). The number of nitriles is 1. The molecule has 0 radical (unpaired) electrons. The number of hydrogen-bond acceptors (Lipinski definition) is 6. The van der Waals surface area contributed by atoms with Crippen LogP contribution in [0, 0.1) is 16.7 Å². The fourth-order valence-corrected chi connectivity index (χ4v) is 3.46. The van der Waals surface area contributed by atoms with Gasteiger partial charge < -0.3 is 15.5 Å². The summed E-state index contributed by atoms with van der Waals surface area (Å²) in [6.45, 7) is 1.32. The molecule has 146 valence electrons. The molecule has 1 saturated carbocycles. The predicted octanol–water partition coefficient (Wildman–Crippen LogP) is 1.36. The number of likely N-dealkylation sites (N-methyl/N-ethyl adjacent to an activating group) is 1. The number of hydrogen-bond donors (Lipinski definition) is 4. The molecule has 28 heavy (non-hydrogen) atoms. The lowest BCUT2D eigenvalue weighted by Gasteiger charge is -2.32. The molecule has 3 rings (SSSR count).